The molecule has 2 aromatic heterocycles. The molecular formula is C14H11N3O2S. The molecular weight excluding hydrogens is 274 g/mol. The average molecular weight is 285 g/mol. The zero-order valence-corrected chi connectivity index (χ0v) is 11.4. The molecule has 0 saturated heterocycles. The number of para-hydroxylation sites is 2. The molecule has 2 N–H and O–H groups in total. The lowest BCUT2D eigenvalue weighted by molar-refractivity contribution is 0.0692. The molecule has 2 heterocycles. The highest BCUT2D eigenvalue weighted by Crippen LogP contribution is 2.28. The number of aromatic nitrogens is 3. The number of benzene rings is 1. The molecule has 0 fully saturated rings. The minimum atomic E-state index is -0.990. The van der Waals surface area contributed by atoms with Gasteiger partial charge in [-0.3, -0.25) is 0 Å². The van der Waals surface area contributed by atoms with Crippen molar-refractivity contribution in [2.45, 2.75) is 17.1 Å². The third-order valence-electron chi connectivity index (χ3n) is 2.79. The summed E-state index contributed by atoms with van der Waals surface area (Å²) in [5, 5.41) is 10.3. The zero-order chi connectivity index (χ0) is 14.1. The van der Waals surface area contributed by atoms with Crippen LogP contribution in [-0.2, 0) is 0 Å². The number of fused-ring (bicyclic) bond motifs is 1. The van der Waals surface area contributed by atoms with Crippen LogP contribution in [0.15, 0.2) is 46.6 Å². The van der Waals surface area contributed by atoms with Crippen molar-refractivity contribution in [3.05, 3.63) is 47.7 Å². The highest BCUT2D eigenvalue weighted by Gasteiger charge is 2.14. The quantitative estimate of drug-likeness (QED) is 0.773. The van der Waals surface area contributed by atoms with E-state index in [4.69, 9.17) is 0 Å². The van der Waals surface area contributed by atoms with E-state index in [1.807, 2.05) is 31.2 Å². The SMILES string of the molecule is Cc1ccc(C(=O)O)c(Sc2nc3ccccc3[nH]2)n1. The first-order valence-electron chi connectivity index (χ1n) is 5.97. The van der Waals surface area contributed by atoms with E-state index < -0.39 is 5.97 Å². The molecule has 100 valence electrons. The first-order valence-corrected chi connectivity index (χ1v) is 6.78. The van der Waals surface area contributed by atoms with Crippen LogP contribution in [-0.4, -0.2) is 26.0 Å². The van der Waals surface area contributed by atoms with E-state index in [-0.39, 0.29) is 5.56 Å². The third-order valence-corrected chi connectivity index (χ3v) is 3.68. The van der Waals surface area contributed by atoms with Crippen LogP contribution in [0.25, 0.3) is 11.0 Å². The number of rotatable bonds is 3. The summed E-state index contributed by atoms with van der Waals surface area (Å²) >= 11 is 1.22. The van der Waals surface area contributed by atoms with Gasteiger partial charge in [0, 0.05) is 5.69 Å². The van der Waals surface area contributed by atoms with Crippen LogP contribution in [0.3, 0.4) is 0 Å². The van der Waals surface area contributed by atoms with Gasteiger partial charge in [0.25, 0.3) is 0 Å². The fourth-order valence-electron chi connectivity index (χ4n) is 1.84. The van der Waals surface area contributed by atoms with Crippen LogP contribution >= 0.6 is 11.8 Å². The summed E-state index contributed by atoms with van der Waals surface area (Å²) in [6.45, 7) is 1.83. The van der Waals surface area contributed by atoms with E-state index in [9.17, 15) is 9.90 Å². The van der Waals surface area contributed by atoms with Gasteiger partial charge in [-0.25, -0.2) is 14.8 Å². The van der Waals surface area contributed by atoms with Crippen molar-refractivity contribution in [3.63, 3.8) is 0 Å². The lowest BCUT2D eigenvalue weighted by Gasteiger charge is -2.03. The highest BCUT2D eigenvalue weighted by atomic mass is 32.2. The van der Waals surface area contributed by atoms with Crippen molar-refractivity contribution in [2.24, 2.45) is 0 Å². The highest BCUT2D eigenvalue weighted by molar-refractivity contribution is 7.99. The fraction of sp³-hybridized carbons (Fsp3) is 0.0714. The maximum atomic E-state index is 11.2. The number of aryl methyl sites for hydroxylation is 1. The van der Waals surface area contributed by atoms with E-state index in [0.717, 1.165) is 16.7 Å². The van der Waals surface area contributed by atoms with Crippen molar-refractivity contribution < 1.29 is 9.90 Å². The van der Waals surface area contributed by atoms with Gasteiger partial charge in [-0.2, -0.15) is 0 Å². The number of aromatic carboxylic acids is 1. The molecule has 3 aromatic rings. The van der Waals surface area contributed by atoms with Crippen LogP contribution in [0.2, 0.25) is 0 Å². The minimum Gasteiger partial charge on any atom is -0.478 e. The average Bonchev–Trinajstić information content (AvgIpc) is 2.80. The van der Waals surface area contributed by atoms with E-state index >= 15 is 0 Å². The molecule has 0 aliphatic rings. The summed E-state index contributed by atoms with van der Waals surface area (Å²) in [5.41, 5.74) is 2.72. The van der Waals surface area contributed by atoms with Crippen molar-refractivity contribution >= 4 is 28.8 Å². The van der Waals surface area contributed by atoms with E-state index in [2.05, 4.69) is 15.0 Å². The van der Waals surface area contributed by atoms with Crippen LogP contribution in [0.1, 0.15) is 16.1 Å². The van der Waals surface area contributed by atoms with Crippen LogP contribution < -0.4 is 0 Å². The number of H-pyrrole nitrogens is 1. The summed E-state index contributed by atoms with van der Waals surface area (Å²) in [4.78, 5) is 23.1. The van der Waals surface area contributed by atoms with Crippen molar-refractivity contribution in [2.75, 3.05) is 0 Å². The molecule has 0 atom stereocenters. The van der Waals surface area contributed by atoms with Crippen LogP contribution in [0, 0.1) is 6.92 Å². The van der Waals surface area contributed by atoms with E-state index in [0.29, 0.717) is 10.2 Å². The Morgan fingerprint density at radius 3 is 2.75 bits per heavy atom. The first-order chi connectivity index (χ1) is 9.63. The summed E-state index contributed by atoms with van der Waals surface area (Å²) in [6, 6.07) is 10.9. The zero-order valence-electron chi connectivity index (χ0n) is 10.6. The predicted octanol–water partition coefficient (Wildman–Crippen LogP) is 3.12. The Kier molecular flexibility index (Phi) is 3.15. The normalized spacial score (nSPS) is 10.8. The molecule has 0 aliphatic carbocycles. The van der Waals surface area contributed by atoms with Gasteiger partial charge >= 0.3 is 5.97 Å². The van der Waals surface area contributed by atoms with Crippen LogP contribution in [0.5, 0.6) is 0 Å². The maximum Gasteiger partial charge on any atom is 0.338 e. The second kappa shape index (κ2) is 4.97. The maximum absolute atomic E-state index is 11.2. The molecule has 0 radical (unpaired) electrons. The van der Waals surface area contributed by atoms with Crippen LogP contribution in [0.4, 0.5) is 0 Å². The Hall–Kier alpha value is -2.34. The lowest BCUT2D eigenvalue weighted by Crippen LogP contribution is -2.01. The molecule has 3 rings (SSSR count). The Balaban J connectivity index is 2.01. The number of carboxylic acids is 1. The Morgan fingerprint density at radius 2 is 2.00 bits per heavy atom. The number of nitrogens with one attached hydrogen (secondary N) is 1. The predicted molar refractivity (Wildman–Crippen MR) is 76.2 cm³/mol. The smallest absolute Gasteiger partial charge is 0.338 e. The summed E-state index contributed by atoms with van der Waals surface area (Å²) < 4.78 is 0. The number of carbonyl (C=O) groups is 1. The van der Waals surface area contributed by atoms with Gasteiger partial charge in [0.1, 0.15) is 5.03 Å². The largest absolute Gasteiger partial charge is 0.478 e. The van der Waals surface area contributed by atoms with Gasteiger partial charge in [0.2, 0.25) is 0 Å². The Labute approximate surface area is 119 Å². The standard InChI is InChI=1S/C14H11N3O2S/c1-8-6-7-9(13(18)19)12(15-8)20-14-16-10-4-2-3-5-11(10)17-14/h2-7H,1H3,(H,16,17)(H,18,19). The van der Waals surface area contributed by atoms with Gasteiger partial charge in [-0.15, -0.1) is 0 Å². The first kappa shape index (κ1) is 12.7. The molecule has 0 spiro atoms. The van der Waals surface area contributed by atoms with E-state index in [1.165, 1.54) is 11.8 Å². The number of carboxylic acid groups (broad SMARTS) is 1. The number of imidazole rings is 1. The Bertz CT molecular complexity index is 765. The second-order valence-corrected chi connectivity index (χ2v) is 5.25. The number of pyridine rings is 1. The van der Waals surface area contributed by atoms with Gasteiger partial charge < -0.3 is 10.1 Å². The number of hydrogen-bond donors (Lipinski definition) is 2. The monoisotopic (exact) mass is 285 g/mol. The number of nitrogens with zero attached hydrogens (tertiary/aromatic N) is 2. The van der Waals surface area contributed by atoms with Crippen molar-refractivity contribution in [1.29, 1.82) is 0 Å². The fourth-order valence-corrected chi connectivity index (χ4v) is 2.79. The molecule has 1 aromatic carbocycles. The molecule has 0 unspecified atom stereocenters. The molecule has 5 nitrogen and oxygen atoms in total. The van der Waals surface area contributed by atoms with Gasteiger partial charge in [0.05, 0.1) is 16.6 Å². The number of hydrogen-bond acceptors (Lipinski definition) is 4. The third kappa shape index (κ3) is 2.37. The molecule has 6 heteroatoms. The molecule has 0 aliphatic heterocycles. The topological polar surface area (TPSA) is 78.9 Å². The summed E-state index contributed by atoms with van der Waals surface area (Å²) in [7, 11) is 0. The summed E-state index contributed by atoms with van der Waals surface area (Å²) in [5.74, 6) is -0.990. The van der Waals surface area contributed by atoms with Gasteiger partial charge in [-0.1, -0.05) is 12.1 Å². The minimum absolute atomic E-state index is 0.182. The van der Waals surface area contributed by atoms with Gasteiger partial charge in [-0.05, 0) is 43.0 Å². The molecule has 0 bridgehead atoms. The summed E-state index contributed by atoms with van der Waals surface area (Å²) in [6.07, 6.45) is 0. The Morgan fingerprint density at radius 1 is 1.20 bits per heavy atom. The molecule has 20 heavy (non-hydrogen) atoms. The van der Waals surface area contributed by atoms with Crippen molar-refractivity contribution in [1.82, 2.24) is 15.0 Å². The molecule has 0 saturated carbocycles. The van der Waals surface area contributed by atoms with Crippen molar-refractivity contribution in [3.8, 4) is 0 Å². The lowest BCUT2D eigenvalue weighted by atomic mass is 10.2. The van der Waals surface area contributed by atoms with E-state index in [1.54, 1.807) is 12.1 Å². The number of aromatic amines is 1. The molecule has 0 amide bonds. The van der Waals surface area contributed by atoms with Gasteiger partial charge in [0.15, 0.2) is 5.16 Å². The second-order valence-electron chi connectivity index (χ2n) is 4.27.